The Morgan fingerprint density at radius 3 is 2.57 bits per heavy atom. The van der Waals surface area contributed by atoms with Gasteiger partial charge in [0.05, 0.1) is 0 Å². The Kier molecular flexibility index (Phi) is 4.94. The molecular formula is C11H21NO2. The lowest BCUT2D eigenvalue weighted by atomic mass is 9.94. The van der Waals surface area contributed by atoms with Gasteiger partial charge in [0, 0.05) is 26.1 Å². The fraction of sp³-hybridized carbons (Fsp3) is 0.909. The molecule has 0 radical (unpaired) electrons. The van der Waals surface area contributed by atoms with Gasteiger partial charge in [0.25, 0.3) is 0 Å². The van der Waals surface area contributed by atoms with Gasteiger partial charge in [-0.15, -0.1) is 0 Å². The average Bonchev–Trinajstić information content (AvgIpc) is 2.20. The summed E-state index contributed by atoms with van der Waals surface area (Å²) < 4.78 is 0. The maximum absolute atomic E-state index is 11.5. The maximum atomic E-state index is 11.5. The second-order valence-electron chi connectivity index (χ2n) is 4.09. The predicted octanol–water partition coefficient (Wildman–Crippen LogP) is 1.41. The number of piperidine rings is 1. The summed E-state index contributed by atoms with van der Waals surface area (Å²) in [7, 11) is 0. The van der Waals surface area contributed by atoms with Crippen molar-refractivity contribution >= 4 is 5.91 Å². The van der Waals surface area contributed by atoms with E-state index in [0.29, 0.717) is 18.2 Å². The predicted molar refractivity (Wildman–Crippen MR) is 55.9 cm³/mol. The second-order valence-corrected chi connectivity index (χ2v) is 4.09. The number of aliphatic hydroxyl groups is 1. The first kappa shape index (κ1) is 11.5. The first-order chi connectivity index (χ1) is 6.77. The minimum absolute atomic E-state index is 0.285. The fourth-order valence-electron chi connectivity index (χ4n) is 2.03. The van der Waals surface area contributed by atoms with Gasteiger partial charge < -0.3 is 10.0 Å². The standard InChI is InChI=1S/C11H21NO2/c1-2-3-11(14)12-7-4-10(5-8-12)6-9-13/h10,13H,2-9H2,1H3. The smallest absolute Gasteiger partial charge is 0.222 e. The Labute approximate surface area is 86.1 Å². The molecule has 1 fully saturated rings. The Hall–Kier alpha value is -0.570. The summed E-state index contributed by atoms with van der Waals surface area (Å²) >= 11 is 0. The van der Waals surface area contributed by atoms with Crippen LogP contribution in [0, 0.1) is 5.92 Å². The average molecular weight is 199 g/mol. The van der Waals surface area contributed by atoms with Crippen LogP contribution in [-0.4, -0.2) is 35.6 Å². The van der Waals surface area contributed by atoms with Crippen molar-refractivity contribution in [2.45, 2.75) is 39.0 Å². The monoisotopic (exact) mass is 199 g/mol. The molecule has 1 saturated heterocycles. The molecule has 0 aromatic heterocycles. The Morgan fingerprint density at radius 1 is 1.43 bits per heavy atom. The zero-order valence-corrected chi connectivity index (χ0v) is 9.04. The van der Waals surface area contributed by atoms with Gasteiger partial charge in [-0.25, -0.2) is 0 Å². The first-order valence-corrected chi connectivity index (χ1v) is 5.66. The molecule has 0 unspecified atom stereocenters. The third kappa shape index (κ3) is 3.29. The molecule has 0 aromatic carbocycles. The van der Waals surface area contributed by atoms with E-state index in [1.165, 1.54) is 0 Å². The van der Waals surface area contributed by atoms with Crippen molar-refractivity contribution in [2.24, 2.45) is 5.92 Å². The second kappa shape index (κ2) is 6.02. The number of hydrogen-bond donors (Lipinski definition) is 1. The van der Waals surface area contributed by atoms with Crippen molar-refractivity contribution in [3.63, 3.8) is 0 Å². The maximum Gasteiger partial charge on any atom is 0.222 e. The Bertz CT molecular complexity index is 174. The SMILES string of the molecule is CCCC(=O)N1CCC(CCO)CC1. The van der Waals surface area contributed by atoms with E-state index in [2.05, 4.69) is 0 Å². The first-order valence-electron chi connectivity index (χ1n) is 5.66. The summed E-state index contributed by atoms with van der Waals surface area (Å²) in [6.45, 7) is 4.11. The van der Waals surface area contributed by atoms with Crippen molar-refractivity contribution in [1.29, 1.82) is 0 Å². The number of aliphatic hydroxyl groups excluding tert-OH is 1. The Morgan fingerprint density at radius 2 is 2.07 bits per heavy atom. The van der Waals surface area contributed by atoms with Crippen LogP contribution in [0.4, 0.5) is 0 Å². The molecule has 0 aromatic rings. The van der Waals surface area contributed by atoms with E-state index < -0.39 is 0 Å². The van der Waals surface area contributed by atoms with Crippen molar-refractivity contribution in [3.05, 3.63) is 0 Å². The number of hydrogen-bond acceptors (Lipinski definition) is 2. The van der Waals surface area contributed by atoms with Crippen molar-refractivity contribution < 1.29 is 9.90 Å². The number of carbonyl (C=O) groups is 1. The summed E-state index contributed by atoms with van der Waals surface area (Å²) in [5.41, 5.74) is 0. The van der Waals surface area contributed by atoms with Crippen molar-refractivity contribution in [3.8, 4) is 0 Å². The summed E-state index contributed by atoms with van der Waals surface area (Å²) in [6, 6.07) is 0. The van der Waals surface area contributed by atoms with Crippen LogP contribution in [0.5, 0.6) is 0 Å². The molecular weight excluding hydrogens is 178 g/mol. The van der Waals surface area contributed by atoms with Crippen LogP contribution in [0.3, 0.4) is 0 Å². The minimum atomic E-state index is 0.285. The molecule has 0 bridgehead atoms. The largest absolute Gasteiger partial charge is 0.396 e. The molecule has 14 heavy (non-hydrogen) atoms. The molecule has 0 atom stereocenters. The van der Waals surface area contributed by atoms with E-state index in [4.69, 9.17) is 5.11 Å². The van der Waals surface area contributed by atoms with E-state index in [9.17, 15) is 4.79 Å². The molecule has 3 nitrogen and oxygen atoms in total. The van der Waals surface area contributed by atoms with Crippen molar-refractivity contribution in [2.75, 3.05) is 19.7 Å². The lowest BCUT2D eigenvalue weighted by Gasteiger charge is -2.31. The van der Waals surface area contributed by atoms with Gasteiger partial charge in [0.15, 0.2) is 0 Å². The topological polar surface area (TPSA) is 40.5 Å². The van der Waals surface area contributed by atoms with Gasteiger partial charge in [-0.2, -0.15) is 0 Å². The number of amides is 1. The van der Waals surface area contributed by atoms with E-state index in [-0.39, 0.29) is 6.61 Å². The quantitative estimate of drug-likeness (QED) is 0.743. The zero-order chi connectivity index (χ0) is 10.4. The highest BCUT2D eigenvalue weighted by Gasteiger charge is 2.21. The summed E-state index contributed by atoms with van der Waals surface area (Å²) in [5, 5.41) is 8.80. The Balaban J connectivity index is 2.24. The van der Waals surface area contributed by atoms with E-state index in [1.54, 1.807) is 0 Å². The van der Waals surface area contributed by atoms with Gasteiger partial charge in [0.1, 0.15) is 0 Å². The van der Waals surface area contributed by atoms with Gasteiger partial charge >= 0.3 is 0 Å². The molecule has 1 heterocycles. The van der Waals surface area contributed by atoms with Crippen LogP contribution in [0.15, 0.2) is 0 Å². The van der Waals surface area contributed by atoms with Gasteiger partial charge in [0.2, 0.25) is 5.91 Å². The number of rotatable bonds is 4. The minimum Gasteiger partial charge on any atom is -0.396 e. The van der Waals surface area contributed by atoms with Crippen LogP contribution in [0.2, 0.25) is 0 Å². The number of likely N-dealkylation sites (tertiary alicyclic amines) is 1. The molecule has 82 valence electrons. The van der Waals surface area contributed by atoms with Crippen LogP contribution in [0.25, 0.3) is 0 Å². The van der Waals surface area contributed by atoms with E-state index in [1.807, 2.05) is 11.8 Å². The molecule has 0 saturated carbocycles. The third-order valence-corrected chi connectivity index (χ3v) is 2.97. The summed E-state index contributed by atoms with van der Waals surface area (Å²) in [4.78, 5) is 13.5. The molecule has 3 heteroatoms. The van der Waals surface area contributed by atoms with Gasteiger partial charge in [-0.3, -0.25) is 4.79 Å². The molecule has 1 N–H and O–H groups in total. The molecule has 0 aliphatic carbocycles. The van der Waals surface area contributed by atoms with Crippen LogP contribution >= 0.6 is 0 Å². The van der Waals surface area contributed by atoms with Crippen LogP contribution in [-0.2, 0) is 4.79 Å². The fourth-order valence-corrected chi connectivity index (χ4v) is 2.03. The van der Waals surface area contributed by atoms with Gasteiger partial charge in [-0.1, -0.05) is 6.92 Å². The number of nitrogens with zero attached hydrogens (tertiary/aromatic N) is 1. The molecule has 1 amide bonds. The van der Waals surface area contributed by atoms with Crippen LogP contribution < -0.4 is 0 Å². The lowest BCUT2D eigenvalue weighted by Crippen LogP contribution is -2.38. The normalized spacial score (nSPS) is 18.6. The molecule has 1 aliphatic rings. The highest BCUT2D eigenvalue weighted by Crippen LogP contribution is 2.20. The van der Waals surface area contributed by atoms with E-state index in [0.717, 1.165) is 38.8 Å². The summed E-state index contributed by atoms with van der Waals surface area (Å²) in [5.74, 6) is 0.931. The summed E-state index contributed by atoms with van der Waals surface area (Å²) in [6.07, 6.45) is 4.65. The van der Waals surface area contributed by atoms with E-state index >= 15 is 0 Å². The number of carbonyl (C=O) groups excluding carboxylic acids is 1. The third-order valence-electron chi connectivity index (χ3n) is 2.97. The lowest BCUT2D eigenvalue weighted by molar-refractivity contribution is -0.132. The highest BCUT2D eigenvalue weighted by molar-refractivity contribution is 5.76. The van der Waals surface area contributed by atoms with Gasteiger partial charge in [-0.05, 0) is 31.6 Å². The molecule has 1 aliphatic heterocycles. The van der Waals surface area contributed by atoms with Crippen molar-refractivity contribution in [1.82, 2.24) is 4.90 Å². The zero-order valence-electron chi connectivity index (χ0n) is 9.04. The molecule has 1 rings (SSSR count). The van der Waals surface area contributed by atoms with Crippen LogP contribution in [0.1, 0.15) is 39.0 Å². The molecule has 0 spiro atoms. The highest BCUT2D eigenvalue weighted by atomic mass is 16.3.